The van der Waals surface area contributed by atoms with Crippen molar-refractivity contribution in [2.75, 3.05) is 14.2 Å². The molecule has 18 heavy (non-hydrogen) atoms. The van der Waals surface area contributed by atoms with E-state index >= 15 is 0 Å². The molecule has 1 rings (SSSR count). The maximum Gasteiger partial charge on any atom is 0.323 e. The van der Waals surface area contributed by atoms with Gasteiger partial charge in [-0.25, -0.2) is 0 Å². The van der Waals surface area contributed by atoms with Crippen molar-refractivity contribution >= 4 is 5.97 Å². The molecule has 0 atom stereocenters. The van der Waals surface area contributed by atoms with E-state index in [-0.39, 0.29) is 0 Å². The normalized spacial score (nSPS) is 11.1. The van der Waals surface area contributed by atoms with Crippen LogP contribution in [0.3, 0.4) is 0 Å². The summed E-state index contributed by atoms with van der Waals surface area (Å²) in [6.07, 6.45) is 0. The first kappa shape index (κ1) is 14.3. The average Bonchev–Trinajstić information content (AvgIpc) is 2.35. The van der Waals surface area contributed by atoms with E-state index in [1.165, 1.54) is 0 Å². The number of rotatable bonds is 6. The van der Waals surface area contributed by atoms with Gasteiger partial charge >= 0.3 is 5.97 Å². The lowest BCUT2D eigenvalue weighted by Crippen LogP contribution is -2.46. The highest BCUT2D eigenvalue weighted by atomic mass is 16.5. The molecule has 1 aromatic rings. The van der Waals surface area contributed by atoms with Gasteiger partial charge in [-0.05, 0) is 31.5 Å². The number of nitrogens with one attached hydrogen (secondary N) is 1. The Hall–Kier alpha value is -1.75. The van der Waals surface area contributed by atoms with Gasteiger partial charge in [-0.15, -0.1) is 0 Å². The fourth-order valence-electron chi connectivity index (χ4n) is 1.39. The number of benzene rings is 1. The minimum absolute atomic E-state index is 0.444. The van der Waals surface area contributed by atoms with Crippen LogP contribution in [0.25, 0.3) is 0 Å². The second kappa shape index (κ2) is 5.73. The van der Waals surface area contributed by atoms with Crippen molar-refractivity contribution in [2.24, 2.45) is 0 Å². The summed E-state index contributed by atoms with van der Waals surface area (Å²) in [5.74, 6) is 0.395. The minimum Gasteiger partial charge on any atom is -0.493 e. The number of carbonyl (C=O) groups is 1. The van der Waals surface area contributed by atoms with Gasteiger partial charge in [-0.2, -0.15) is 0 Å². The Balaban J connectivity index is 2.77. The molecule has 100 valence electrons. The highest BCUT2D eigenvalue weighted by Crippen LogP contribution is 2.27. The van der Waals surface area contributed by atoms with Crippen LogP contribution in [0.1, 0.15) is 19.4 Å². The third-order valence-corrected chi connectivity index (χ3v) is 2.72. The molecule has 0 aliphatic rings. The Kier molecular flexibility index (Phi) is 4.55. The largest absolute Gasteiger partial charge is 0.493 e. The molecule has 0 saturated carbocycles. The number of hydrogen-bond donors (Lipinski definition) is 2. The topological polar surface area (TPSA) is 67.8 Å². The van der Waals surface area contributed by atoms with Crippen molar-refractivity contribution in [3.05, 3.63) is 23.8 Å². The van der Waals surface area contributed by atoms with E-state index in [0.29, 0.717) is 18.0 Å². The third-order valence-electron chi connectivity index (χ3n) is 2.72. The molecule has 0 heterocycles. The van der Waals surface area contributed by atoms with Gasteiger partial charge in [-0.3, -0.25) is 10.1 Å². The van der Waals surface area contributed by atoms with Gasteiger partial charge in [0.05, 0.1) is 14.2 Å². The molecule has 0 fully saturated rings. The zero-order chi connectivity index (χ0) is 13.8. The summed E-state index contributed by atoms with van der Waals surface area (Å²) in [5.41, 5.74) is -0.0327. The molecule has 1 aromatic carbocycles. The molecule has 0 aromatic heterocycles. The molecule has 5 nitrogen and oxygen atoms in total. The maximum atomic E-state index is 11.0. The fourth-order valence-corrected chi connectivity index (χ4v) is 1.39. The quantitative estimate of drug-likeness (QED) is 0.807. The van der Waals surface area contributed by atoms with Crippen molar-refractivity contribution in [1.29, 1.82) is 0 Å². The predicted octanol–water partition coefficient (Wildman–Crippen LogP) is 1.66. The monoisotopic (exact) mass is 253 g/mol. The van der Waals surface area contributed by atoms with Gasteiger partial charge in [0, 0.05) is 6.54 Å². The summed E-state index contributed by atoms with van der Waals surface area (Å²) >= 11 is 0. The van der Waals surface area contributed by atoms with Crippen LogP contribution in [0.5, 0.6) is 11.5 Å². The zero-order valence-electron chi connectivity index (χ0n) is 11.1. The lowest BCUT2D eigenvalue weighted by molar-refractivity contribution is -0.143. The molecular formula is C13H19NO4. The summed E-state index contributed by atoms with van der Waals surface area (Å²) in [7, 11) is 3.14. The van der Waals surface area contributed by atoms with Gasteiger partial charge in [0.15, 0.2) is 11.5 Å². The predicted molar refractivity (Wildman–Crippen MR) is 68.1 cm³/mol. The summed E-state index contributed by atoms with van der Waals surface area (Å²) in [4.78, 5) is 11.0. The summed E-state index contributed by atoms with van der Waals surface area (Å²) < 4.78 is 10.3. The van der Waals surface area contributed by atoms with Crippen molar-refractivity contribution < 1.29 is 19.4 Å². The molecule has 0 radical (unpaired) electrons. The van der Waals surface area contributed by atoms with Gasteiger partial charge < -0.3 is 14.6 Å². The Labute approximate surface area is 107 Å². The number of ether oxygens (including phenoxy) is 2. The van der Waals surface area contributed by atoms with Crippen LogP contribution in [0, 0.1) is 0 Å². The average molecular weight is 253 g/mol. The molecule has 5 heteroatoms. The lowest BCUT2D eigenvalue weighted by Gasteiger charge is -2.21. The van der Waals surface area contributed by atoms with Crippen molar-refractivity contribution in [1.82, 2.24) is 5.32 Å². The van der Waals surface area contributed by atoms with Gasteiger partial charge in [0.25, 0.3) is 0 Å². The van der Waals surface area contributed by atoms with E-state index < -0.39 is 11.5 Å². The lowest BCUT2D eigenvalue weighted by atomic mass is 10.1. The molecule has 0 saturated heterocycles. The van der Waals surface area contributed by atoms with Crippen LogP contribution in [0.15, 0.2) is 18.2 Å². The molecule has 0 bridgehead atoms. The van der Waals surface area contributed by atoms with E-state index in [1.807, 2.05) is 12.1 Å². The van der Waals surface area contributed by atoms with Gasteiger partial charge in [-0.1, -0.05) is 6.07 Å². The molecule has 0 spiro atoms. The van der Waals surface area contributed by atoms with Crippen LogP contribution in [-0.4, -0.2) is 30.8 Å². The highest BCUT2D eigenvalue weighted by molar-refractivity contribution is 5.77. The molecular weight excluding hydrogens is 234 g/mol. The smallest absolute Gasteiger partial charge is 0.323 e. The second-order valence-electron chi connectivity index (χ2n) is 4.47. The van der Waals surface area contributed by atoms with Crippen molar-refractivity contribution in [2.45, 2.75) is 25.9 Å². The van der Waals surface area contributed by atoms with E-state index in [1.54, 1.807) is 34.1 Å². The first-order valence-electron chi connectivity index (χ1n) is 5.60. The van der Waals surface area contributed by atoms with Gasteiger partial charge in [0.1, 0.15) is 5.54 Å². The van der Waals surface area contributed by atoms with Crippen LogP contribution in [0.2, 0.25) is 0 Å². The minimum atomic E-state index is -0.965. The van der Waals surface area contributed by atoms with E-state index in [4.69, 9.17) is 14.6 Å². The van der Waals surface area contributed by atoms with E-state index in [2.05, 4.69) is 5.32 Å². The first-order valence-corrected chi connectivity index (χ1v) is 5.60. The Morgan fingerprint density at radius 3 is 2.39 bits per heavy atom. The first-order chi connectivity index (χ1) is 8.40. The number of aliphatic carboxylic acids is 1. The molecule has 0 aliphatic heterocycles. The summed E-state index contributed by atoms with van der Waals surface area (Å²) in [6, 6.07) is 5.49. The van der Waals surface area contributed by atoms with Crippen LogP contribution >= 0.6 is 0 Å². The third kappa shape index (κ3) is 3.37. The van der Waals surface area contributed by atoms with E-state index in [0.717, 1.165) is 5.56 Å². The highest BCUT2D eigenvalue weighted by Gasteiger charge is 2.25. The van der Waals surface area contributed by atoms with Crippen molar-refractivity contribution in [3.8, 4) is 11.5 Å². The Morgan fingerprint density at radius 1 is 1.28 bits per heavy atom. The summed E-state index contributed by atoms with van der Waals surface area (Å²) in [5, 5.41) is 12.0. The molecule has 0 amide bonds. The number of methoxy groups -OCH3 is 2. The number of hydrogen-bond acceptors (Lipinski definition) is 4. The number of carboxylic acids is 1. The molecule has 0 unspecified atom stereocenters. The Morgan fingerprint density at radius 2 is 1.89 bits per heavy atom. The van der Waals surface area contributed by atoms with Crippen molar-refractivity contribution in [3.63, 3.8) is 0 Å². The second-order valence-corrected chi connectivity index (χ2v) is 4.47. The summed E-state index contributed by atoms with van der Waals surface area (Å²) in [6.45, 7) is 3.69. The van der Waals surface area contributed by atoms with Crippen LogP contribution < -0.4 is 14.8 Å². The Bertz CT molecular complexity index is 429. The van der Waals surface area contributed by atoms with Crippen LogP contribution in [0.4, 0.5) is 0 Å². The van der Waals surface area contributed by atoms with Crippen LogP contribution in [-0.2, 0) is 11.3 Å². The SMILES string of the molecule is COc1ccc(CNC(C)(C)C(=O)O)cc1OC. The molecule has 2 N–H and O–H groups in total. The number of carboxylic acid groups (broad SMARTS) is 1. The molecule has 0 aliphatic carbocycles. The fraction of sp³-hybridized carbons (Fsp3) is 0.462. The zero-order valence-corrected chi connectivity index (χ0v) is 11.1. The van der Waals surface area contributed by atoms with Gasteiger partial charge in [0.2, 0.25) is 0 Å². The maximum absolute atomic E-state index is 11.0. The standard InChI is InChI=1S/C13H19NO4/c1-13(2,12(15)16)14-8-9-5-6-10(17-3)11(7-9)18-4/h5-7,14H,8H2,1-4H3,(H,15,16). The van der Waals surface area contributed by atoms with E-state index in [9.17, 15) is 4.79 Å².